The second-order valence-corrected chi connectivity index (χ2v) is 8.84. The van der Waals surface area contributed by atoms with E-state index < -0.39 is 15.7 Å². The van der Waals surface area contributed by atoms with Crippen LogP contribution in [0.3, 0.4) is 0 Å². The highest BCUT2D eigenvalue weighted by Gasteiger charge is 2.23. The number of hydrogen-bond acceptors (Lipinski definition) is 6. The smallest absolute Gasteiger partial charge is 0.276 e. The number of benzene rings is 2. The Balaban J connectivity index is 1.63. The van der Waals surface area contributed by atoms with Gasteiger partial charge in [-0.1, -0.05) is 18.2 Å². The van der Waals surface area contributed by atoms with E-state index in [2.05, 4.69) is 10.3 Å². The van der Waals surface area contributed by atoms with Crippen LogP contribution in [-0.4, -0.2) is 36.6 Å². The zero-order chi connectivity index (χ0) is 22.7. The number of rotatable bonds is 7. The van der Waals surface area contributed by atoms with Crippen LogP contribution in [0.5, 0.6) is 17.2 Å². The Kier molecular flexibility index (Phi) is 5.83. The summed E-state index contributed by atoms with van der Waals surface area (Å²) < 4.78 is 37.0. The van der Waals surface area contributed by atoms with Crippen LogP contribution in [0.25, 0.3) is 5.52 Å². The van der Waals surface area contributed by atoms with Crippen LogP contribution < -0.4 is 14.8 Å². The highest BCUT2D eigenvalue weighted by molar-refractivity contribution is 7.90. The maximum absolute atomic E-state index is 13.0. The Morgan fingerprint density at radius 2 is 1.69 bits per heavy atom. The largest absolute Gasteiger partial charge is 0.494 e. The molecule has 0 fully saturated rings. The molecule has 0 atom stereocenters. The number of carbonyl (C=O) groups excluding carboxylic acids is 1. The predicted molar refractivity (Wildman–Crippen MR) is 120 cm³/mol. The minimum Gasteiger partial charge on any atom is -0.494 e. The topological polar surface area (TPSA) is 99.0 Å². The lowest BCUT2D eigenvalue weighted by atomic mass is 10.2. The number of aromatic nitrogens is 2. The number of pyridine rings is 1. The van der Waals surface area contributed by atoms with E-state index in [-0.39, 0.29) is 10.9 Å². The maximum Gasteiger partial charge on any atom is 0.276 e. The third kappa shape index (κ3) is 4.42. The van der Waals surface area contributed by atoms with Crippen LogP contribution in [0.1, 0.15) is 17.4 Å². The quantitative estimate of drug-likeness (QED) is 0.453. The first kappa shape index (κ1) is 21.4. The zero-order valence-corrected chi connectivity index (χ0v) is 18.3. The molecule has 2 heterocycles. The number of hydrogen-bond donors (Lipinski definition) is 1. The first-order valence-corrected chi connectivity index (χ1v) is 11.7. The number of sulfone groups is 1. The minimum absolute atomic E-state index is 0.00175. The average Bonchev–Trinajstić information content (AvgIpc) is 3.17. The van der Waals surface area contributed by atoms with E-state index in [9.17, 15) is 13.2 Å². The summed E-state index contributed by atoms with van der Waals surface area (Å²) in [6, 6.07) is 19.1. The molecule has 0 saturated carbocycles. The molecule has 0 unspecified atom stereocenters. The van der Waals surface area contributed by atoms with E-state index in [0.29, 0.717) is 29.3 Å². The van der Waals surface area contributed by atoms with Crippen molar-refractivity contribution in [3.05, 3.63) is 78.6 Å². The molecule has 0 saturated heterocycles. The molecule has 0 aliphatic carbocycles. The molecule has 0 bridgehead atoms. The summed E-state index contributed by atoms with van der Waals surface area (Å²) >= 11 is 0. The van der Waals surface area contributed by atoms with Crippen molar-refractivity contribution in [2.75, 3.05) is 18.2 Å². The maximum atomic E-state index is 13.0. The Bertz CT molecular complexity index is 1380. The van der Waals surface area contributed by atoms with E-state index >= 15 is 0 Å². The van der Waals surface area contributed by atoms with E-state index in [1.165, 1.54) is 4.40 Å². The molecule has 8 nitrogen and oxygen atoms in total. The molecule has 9 heteroatoms. The summed E-state index contributed by atoms with van der Waals surface area (Å²) in [6.07, 6.45) is 2.61. The molecule has 2 aromatic heterocycles. The normalized spacial score (nSPS) is 11.3. The van der Waals surface area contributed by atoms with Crippen LogP contribution in [0.4, 0.5) is 5.69 Å². The second-order valence-electron chi connectivity index (χ2n) is 6.93. The van der Waals surface area contributed by atoms with Crippen molar-refractivity contribution in [1.82, 2.24) is 9.38 Å². The first-order valence-electron chi connectivity index (χ1n) is 9.85. The van der Waals surface area contributed by atoms with Crippen molar-refractivity contribution in [2.24, 2.45) is 0 Å². The van der Waals surface area contributed by atoms with E-state index in [4.69, 9.17) is 9.47 Å². The average molecular weight is 452 g/mol. The Hall–Kier alpha value is -3.85. The molecule has 0 aliphatic heterocycles. The summed E-state index contributed by atoms with van der Waals surface area (Å²) in [5.41, 5.74) is 0.807. The number of carbonyl (C=O) groups is 1. The third-order valence-corrected chi connectivity index (χ3v) is 5.51. The fraction of sp³-hybridized carbons (Fsp3) is 0.130. The number of anilines is 1. The van der Waals surface area contributed by atoms with Crippen molar-refractivity contribution in [2.45, 2.75) is 12.1 Å². The summed E-state index contributed by atoms with van der Waals surface area (Å²) in [7, 11) is -3.63. The fourth-order valence-corrected chi connectivity index (χ4v) is 3.95. The molecule has 4 rings (SSSR count). The van der Waals surface area contributed by atoms with E-state index in [0.717, 1.165) is 12.0 Å². The van der Waals surface area contributed by atoms with Gasteiger partial charge in [-0.2, -0.15) is 0 Å². The van der Waals surface area contributed by atoms with Crippen molar-refractivity contribution in [3.8, 4) is 17.2 Å². The lowest BCUT2D eigenvalue weighted by Crippen LogP contribution is -2.13. The third-order valence-electron chi connectivity index (χ3n) is 4.56. The molecule has 32 heavy (non-hydrogen) atoms. The Morgan fingerprint density at radius 3 is 2.41 bits per heavy atom. The van der Waals surface area contributed by atoms with Crippen LogP contribution in [0, 0.1) is 0 Å². The van der Waals surface area contributed by atoms with Gasteiger partial charge in [-0.15, -0.1) is 0 Å². The highest BCUT2D eigenvalue weighted by atomic mass is 32.2. The van der Waals surface area contributed by atoms with E-state index in [1.54, 1.807) is 72.9 Å². The Morgan fingerprint density at radius 1 is 1.00 bits per heavy atom. The van der Waals surface area contributed by atoms with E-state index in [1.807, 2.05) is 6.92 Å². The number of ether oxygens (including phenoxy) is 2. The summed E-state index contributed by atoms with van der Waals surface area (Å²) in [5.74, 6) is 1.18. The van der Waals surface area contributed by atoms with Gasteiger partial charge in [0.15, 0.2) is 11.4 Å². The van der Waals surface area contributed by atoms with Crippen LogP contribution >= 0.6 is 0 Å². The molecular weight excluding hydrogens is 430 g/mol. The number of para-hydroxylation sites is 2. The molecule has 1 amide bonds. The monoisotopic (exact) mass is 451 g/mol. The number of amides is 1. The summed E-state index contributed by atoms with van der Waals surface area (Å²) in [5, 5.41) is 2.58. The SMILES string of the molecule is CCOc1ccc(Oc2ccccc2NC(=O)c2nc(S(C)(=O)=O)n3ccccc23)cc1. The minimum atomic E-state index is -3.63. The second kappa shape index (κ2) is 8.72. The zero-order valence-electron chi connectivity index (χ0n) is 17.5. The van der Waals surface area contributed by atoms with Gasteiger partial charge in [0.05, 0.1) is 17.8 Å². The van der Waals surface area contributed by atoms with Gasteiger partial charge in [0.25, 0.3) is 5.91 Å². The Labute approximate surface area is 185 Å². The molecule has 0 spiro atoms. The van der Waals surface area contributed by atoms with Gasteiger partial charge >= 0.3 is 0 Å². The lowest BCUT2D eigenvalue weighted by molar-refractivity contribution is 0.102. The van der Waals surface area contributed by atoms with Gasteiger partial charge in [0, 0.05) is 12.5 Å². The van der Waals surface area contributed by atoms with Gasteiger partial charge in [-0.05, 0) is 55.5 Å². The summed E-state index contributed by atoms with van der Waals surface area (Å²) in [6.45, 7) is 2.48. The predicted octanol–water partition coefficient (Wildman–Crippen LogP) is 4.18. The number of imidazole rings is 1. The molecule has 0 radical (unpaired) electrons. The van der Waals surface area contributed by atoms with Crippen LogP contribution in [0.2, 0.25) is 0 Å². The van der Waals surface area contributed by atoms with Crippen LogP contribution in [-0.2, 0) is 9.84 Å². The first-order chi connectivity index (χ1) is 15.4. The molecule has 0 aliphatic rings. The standard InChI is InChI=1S/C23H21N3O5S/c1-3-30-16-11-13-17(14-12-16)31-20-10-5-4-8-18(20)24-22(27)21-19-9-6-7-15-26(19)23(25-21)32(2,28)29/h4-15H,3H2,1-2H3,(H,24,27). The van der Waals surface area contributed by atoms with Gasteiger partial charge in [-0.25, -0.2) is 13.4 Å². The number of nitrogens with one attached hydrogen (secondary N) is 1. The van der Waals surface area contributed by atoms with Crippen molar-refractivity contribution >= 4 is 26.9 Å². The fourth-order valence-electron chi connectivity index (χ4n) is 3.18. The van der Waals surface area contributed by atoms with Crippen molar-refractivity contribution in [3.63, 3.8) is 0 Å². The molecule has 2 aromatic carbocycles. The highest BCUT2D eigenvalue weighted by Crippen LogP contribution is 2.31. The molecule has 164 valence electrons. The number of fused-ring (bicyclic) bond motifs is 1. The van der Waals surface area contributed by atoms with Crippen LogP contribution in [0.15, 0.2) is 78.1 Å². The van der Waals surface area contributed by atoms with Gasteiger partial charge in [0.1, 0.15) is 11.5 Å². The molecule has 4 aromatic rings. The summed E-state index contributed by atoms with van der Waals surface area (Å²) in [4.78, 5) is 17.1. The number of nitrogens with zero attached hydrogens (tertiary/aromatic N) is 2. The van der Waals surface area contributed by atoms with Crippen molar-refractivity contribution < 1.29 is 22.7 Å². The molecular formula is C23H21N3O5S. The van der Waals surface area contributed by atoms with Gasteiger partial charge in [-0.3, -0.25) is 9.20 Å². The van der Waals surface area contributed by atoms with Crippen molar-refractivity contribution in [1.29, 1.82) is 0 Å². The van der Waals surface area contributed by atoms with Gasteiger partial charge < -0.3 is 14.8 Å². The molecule has 1 N–H and O–H groups in total. The van der Waals surface area contributed by atoms with Gasteiger partial charge in [0.2, 0.25) is 15.0 Å². The lowest BCUT2D eigenvalue weighted by Gasteiger charge is -2.12.